The number of hydrogen-bond donors (Lipinski definition) is 1. The van der Waals surface area contributed by atoms with Crippen LogP contribution >= 0.6 is 0 Å². The van der Waals surface area contributed by atoms with Crippen molar-refractivity contribution in [3.05, 3.63) is 90.0 Å². The molecule has 28 heavy (non-hydrogen) atoms. The summed E-state index contributed by atoms with van der Waals surface area (Å²) in [6.45, 7) is 5.51. The third-order valence-electron chi connectivity index (χ3n) is 4.38. The van der Waals surface area contributed by atoms with E-state index in [1.807, 2.05) is 50.2 Å². The van der Waals surface area contributed by atoms with Crippen LogP contribution in [0.25, 0.3) is 0 Å². The molecular weight excluding hydrogens is 346 g/mol. The summed E-state index contributed by atoms with van der Waals surface area (Å²) in [7, 11) is 0. The van der Waals surface area contributed by atoms with Crippen molar-refractivity contribution in [2.75, 3.05) is 11.9 Å². The second-order valence-electron chi connectivity index (χ2n) is 7.10. The lowest BCUT2D eigenvalue weighted by Crippen LogP contribution is -2.06. The first-order valence-electron chi connectivity index (χ1n) is 9.96. The van der Waals surface area contributed by atoms with E-state index in [2.05, 4.69) is 47.8 Å². The van der Waals surface area contributed by atoms with Gasteiger partial charge in [0.1, 0.15) is 11.5 Å². The first-order chi connectivity index (χ1) is 13.7. The highest BCUT2D eigenvalue weighted by Crippen LogP contribution is 2.25. The molecule has 0 aliphatic heterocycles. The van der Waals surface area contributed by atoms with Gasteiger partial charge in [0.05, 0.1) is 18.4 Å². The molecule has 0 aliphatic rings. The molecule has 0 bridgehead atoms. The molecule has 3 rings (SSSR count). The van der Waals surface area contributed by atoms with Gasteiger partial charge in [0.15, 0.2) is 0 Å². The molecule has 0 fully saturated rings. The van der Waals surface area contributed by atoms with E-state index in [0.717, 1.165) is 36.6 Å². The van der Waals surface area contributed by atoms with Gasteiger partial charge in [0.2, 0.25) is 0 Å². The van der Waals surface area contributed by atoms with E-state index in [4.69, 9.17) is 9.47 Å². The molecule has 146 valence electrons. The predicted octanol–water partition coefficient (Wildman–Crippen LogP) is 6.10. The molecule has 0 atom stereocenters. The number of benzene rings is 3. The van der Waals surface area contributed by atoms with Crippen LogP contribution in [0.1, 0.15) is 31.4 Å². The number of para-hydroxylation sites is 2. The summed E-state index contributed by atoms with van der Waals surface area (Å²) in [6.07, 6.45) is 2.21. The SMILES string of the molecule is CC(C)Oc1ccc(CNc2ccccc2OCCCc2ccccc2)cc1. The Kier molecular flexibility index (Phi) is 7.36. The zero-order valence-electron chi connectivity index (χ0n) is 16.7. The quantitative estimate of drug-likeness (QED) is 0.435. The lowest BCUT2D eigenvalue weighted by molar-refractivity contribution is 0.242. The summed E-state index contributed by atoms with van der Waals surface area (Å²) >= 11 is 0. The fraction of sp³-hybridized carbons (Fsp3) is 0.280. The zero-order valence-corrected chi connectivity index (χ0v) is 16.7. The molecular formula is C25H29NO2. The Labute approximate surface area is 168 Å². The summed E-state index contributed by atoms with van der Waals surface area (Å²) in [5, 5.41) is 3.48. The average molecular weight is 376 g/mol. The van der Waals surface area contributed by atoms with Gasteiger partial charge in [0.25, 0.3) is 0 Å². The molecule has 0 heterocycles. The molecule has 0 spiro atoms. The minimum absolute atomic E-state index is 0.190. The van der Waals surface area contributed by atoms with Gasteiger partial charge >= 0.3 is 0 Å². The van der Waals surface area contributed by atoms with Gasteiger partial charge in [-0.05, 0) is 62.1 Å². The van der Waals surface area contributed by atoms with Crippen molar-refractivity contribution in [3.8, 4) is 11.5 Å². The first-order valence-corrected chi connectivity index (χ1v) is 9.96. The standard InChI is InChI=1S/C25H29NO2/c1-20(2)28-23-16-14-22(15-17-23)19-26-24-12-6-7-13-25(24)27-18-8-11-21-9-4-3-5-10-21/h3-7,9-10,12-17,20,26H,8,11,18-19H2,1-2H3. The Hall–Kier alpha value is -2.94. The van der Waals surface area contributed by atoms with Crippen molar-refractivity contribution in [1.82, 2.24) is 0 Å². The molecule has 0 amide bonds. The lowest BCUT2D eigenvalue weighted by Gasteiger charge is -2.14. The normalized spacial score (nSPS) is 10.7. The average Bonchev–Trinajstić information content (AvgIpc) is 2.72. The van der Waals surface area contributed by atoms with E-state index in [0.29, 0.717) is 6.61 Å². The molecule has 1 N–H and O–H groups in total. The van der Waals surface area contributed by atoms with Crippen molar-refractivity contribution in [1.29, 1.82) is 0 Å². The van der Waals surface area contributed by atoms with Gasteiger partial charge in [0, 0.05) is 6.54 Å². The second kappa shape index (κ2) is 10.4. The van der Waals surface area contributed by atoms with E-state index >= 15 is 0 Å². The summed E-state index contributed by atoms with van der Waals surface area (Å²) in [5.41, 5.74) is 3.57. The molecule has 0 radical (unpaired) electrons. The third-order valence-corrected chi connectivity index (χ3v) is 4.38. The Morgan fingerprint density at radius 3 is 2.25 bits per heavy atom. The van der Waals surface area contributed by atoms with Crippen LogP contribution < -0.4 is 14.8 Å². The molecule has 0 aromatic heterocycles. The van der Waals surface area contributed by atoms with Crippen LogP contribution in [0.3, 0.4) is 0 Å². The van der Waals surface area contributed by atoms with Crippen LogP contribution in [-0.4, -0.2) is 12.7 Å². The van der Waals surface area contributed by atoms with Crippen molar-refractivity contribution >= 4 is 5.69 Å². The van der Waals surface area contributed by atoms with E-state index in [-0.39, 0.29) is 6.10 Å². The minimum Gasteiger partial charge on any atom is -0.491 e. The van der Waals surface area contributed by atoms with E-state index in [1.54, 1.807) is 0 Å². The molecule has 0 unspecified atom stereocenters. The molecule has 3 nitrogen and oxygen atoms in total. The monoisotopic (exact) mass is 375 g/mol. The van der Waals surface area contributed by atoms with Crippen LogP contribution in [0.4, 0.5) is 5.69 Å². The molecule has 0 aliphatic carbocycles. The maximum absolute atomic E-state index is 6.03. The fourth-order valence-electron chi connectivity index (χ4n) is 3.00. The Bertz CT molecular complexity index is 829. The highest BCUT2D eigenvalue weighted by atomic mass is 16.5. The fourth-order valence-corrected chi connectivity index (χ4v) is 3.00. The van der Waals surface area contributed by atoms with Crippen molar-refractivity contribution in [2.45, 2.75) is 39.3 Å². The molecule has 0 saturated carbocycles. The largest absolute Gasteiger partial charge is 0.491 e. The second-order valence-corrected chi connectivity index (χ2v) is 7.10. The van der Waals surface area contributed by atoms with Gasteiger partial charge < -0.3 is 14.8 Å². The van der Waals surface area contributed by atoms with Crippen molar-refractivity contribution in [3.63, 3.8) is 0 Å². The number of rotatable bonds is 10. The Morgan fingerprint density at radius 1 is 0.786 bits per heavy atom. The minimum atomic E-state index is 0.190. The third kappa shape index (κ3) is 6.34. The van der Waals surface area contributed by atoms with Crippen LogP contribution in [-0.2, 0) is 13.0 Å². The number of ether oxygens (including phenoxy) is 2. The number of nitrogens with one attached hydrogen (secondary N) is 1. The predicted molar refractivity (Wildman–Crippen MR) is 116 cm³/mol. The van der Waals surface area contributed by atoms with Crippen molar-refractivity contribution < 1.29 is 9.47 Å². The van der Waals surface area contributed by atoms with Crippen LogP contribution in [0.5, 0.6) is 11.5 Å². The topological polar surface area (TPSA) is 30.5 Å². The maximum atomic E-state index is 6.03. The van der Waals surface area contributed by atoms with Crippen LogP contribution in [0.2, 0.25) is 0 Å². The zero-order chi connectivity index (χ0) is 19.6. The number of hydrogen-bond acceptors (Lipinski definition) is 3. The molecule has 0 saturated heterocycles. The highest BCUT2D eigenvalue weighted by molar-refractivity contribution is 5.56. The Morgan fingerprint density at radius 2 is 1.50 bits per heavy atom. The van der Waals surface area contributed by atoms with Crippen LogP contribution in [0, 0.1) is 0 Å². The highest BCUT2D eigenvalue weighted by Gasteiger charge is 2.04. The number of anilines is 1. The first kappa shape index (κ1) is 19.8. The Balaban J connectivity index is 1.49. The van der Waals surface area contributed by atoms with E-state index < -0.39 is 0 Å². The number of aryl methyl sites for hydroxylation is 1. The molecule has 3 aromatic rings. The van der Waals surface area contributed by atoms with E-state index in [9.17, 15) is 0 Å². The van der Waals surface area contributed by atoms with Crippen LogP contribution in [0.15, 0.2) is 78.9 Å². The van der Waals surface area contributed by atoms with Gasteiger partial charge in [-0.25, -0.2) is 0 Å². The maximum Gasteiger partial charge on any atom is 0.142 e. The van der Waals surface area contributed by atoms with Gasteiger partial charge in [-0.3, -0.25) is 0 Å². The van der Waals surface area contributed by atoms with E-state index in [1.165, 1.54) is 11.1 Å². The van der Waals surface area contributed by atoms with Gasteiger partial charge in [-0.15, -0.1) is 0 Å². The molecule has 3 heteroatoms. The molecule has 3 aromatic carbocycles. The lowest BCUT2D eigenvalue weighted by atomic mass is 10.1. The van der Waals surface area contributed by atoms with Gasteiger partial charge in [-0.2, -0.15) is 0 Å². The summed E-state index contributed by atoms with van der Waals surface area (Å²) < 4.78 is 11.7. The summed E-state index contributed by atoms with van der Waals surface area (Å²) in [6, 6.07) is 26.9. The van der Waals surface area contributed by atoms with Gasteiger partial charge in [-0.1, -0.05) is 54.6 Å². The van der Waals surface area contributed by atoms with Crippen molar-refractivity contribution in [2.24, 2.45) is 0 Å². The summed E-state index contributed by atoms with van der Waals surface area (Å²) in [5.74, 6) is 1.80. The smallest absolute Gasteiger partial charge is 0.142 e. The summed E-state index contributed by atoms with van der Waals surface area (Å²) in [4.78, 5) is 0.